The third kappa shape index (κ3) is 5.11. The van der Waals surface area contributed by atoms with E-state index in [9.17, 15) is 4.79 Å². The predicted octanol–water partition coefficient (Wildman–Crippen LogP) is 5.60. The zero-order valence-electron chi connectivity index (χ0n) is 18.3. The highest BCUT2D eigenvalue weighted by Crippen LogP contribution is 2.52. The van der Waals surface area contributed by atoms with E-state index < -0.39 is 0 Å². The Kier molecular flexibility index (Phi) is 6.83. The number of rotatable bonds is 5. The number of hydrogen-bond donors (Lipinski definition) is 0. The molecule has 156 valence electrons. The molecule has 1 saturated carbocycles. The van der Waals surface area contributed by atoms with E-state index in [1.165, 1.54) is 24.8 Å². The average Bonchev–Trinajstić information content (AvgIpc) is 3.38. The first-order chi connectivity index (χ1) is 14.1. The van der Waals surface area contributed by atoms with Crippen molar-refractivity contribution in [3.8, 4) is 16.9 Å². The summed E-state index contributed by atoms with van der Waals surface area (Å²) in [5.41, 5.74) is 3.94. The van der Waals surface area contributed by atoms with Crippen molar-refractivity contribution in [1.82, 2.24) is 9.80 Å². The summed E-state index contributed by atoms with van der Waals surface area (Å²) in [6.45, 7) is 9.01. The van der Waals surface area contributed by atoms with Crippen LogP contribution in [-0.2, 0) is 0 Å². The molecule has 1 aliphatic carbocycles. The van der Waals surface area contributed by atoms with Crippen LogP contribution in [0.5, 0.6) is 5.75 Å². The summed E-state index contributed by atoms with van der Waals surface area (Å²) < 4.78 is 6.06. The molecular formula is C25H34N2O2. The highest BCUT2D eigenvalue weighted by Gasteiger charge is 2.49. The molecule has 1 saturated heterocycles. The summed E-state index contributed by atoms with van der Waals surface area (Å²) >= 11 is 0. The molecular weight excluding hydrogens is 360 g/mol. The minimum atomic E-state index is 0.134. The van der Waals surface area contributed by atoms with Crippen molar-refractivity contribution >= 4 is 6.03 Å². The Labute approximate surface area is 175 Å². The molecule has 2 amide bonds. The smallest absolute Gasteiger partial charge is 0.319 e. The van der Waals surface area contributed by atoms with Crippen LogP contribution in [0.1, 0.15) is 38.7 Å². The number of aryl methyl sites for hydroxylation is 1. The monoisotopic (exact) mass is 394 g/mol. The number of ether oxygens (including phenoxy) is 1. The van der Waals surface area contributed by atoms with Crippen LogP contribution in [-0.4, -0.2) is 49.1 Å². The van der Waals surface area contributed by atoms with Crippen molar-refractivity contribution in [2.45, 2.75) is 40.0 Å². The van der Waals surface area contributed by atoms with Gasteiger partial charge in [-0.3, -0.25) is 0 Å². The second-order valence-electron chi connectivity index (χ2n) is 8.09. The number of amides is 2. The molecule has 0 radical (unpaired) electrons. The lowest BCUT2D eigenvalue weighted by molar-refractivity contribution is 0.161. The third-order valence-corrected chi connectivity index (χ3v) is 5.89. The number of carbonyl (C=O) groups excluding carboxylic acids is 1. The van der Waals surface area contributed by atoms with Gasteiger partial charge in [0.25, 0.3) is 0 Å². The van der Waals surface area contributed by atoms with E-state index >= 15 is 0 Å². The molecule has 4 nitrogen and oxygen atoms in total. The van der Waals surface area contributed by atoms with Crippen molar-refractivity contribution in [2.24, 2.45) is 5.41 Å². The van der Waals surface area contributed by atoms with Crippen LogP contribution in [0.2, 0.25) is 0 Å². The van der Waals surface area contributed by atoms with E-state index in [1.807, 2.05) is 44.0 Å². The van der Waals surface area contributed by atoms with E-state index in [1.54, 1.807) is 4.90 Å². The number of urea groups is 1. The van der Waals surface area contributed by atoms with Gasteiger partial charge in [-0.1, -0.05) is 61.9 Å². The summed E-state index contributed by atoms with van der Waals surface area (Å²) in [4.78, 5) is 16.4. The van der Waals surface area contributed by atoms with Crippen LogP contribution in [0.3, 0.4) is 0 Å². The molecule has 1 aliphatic heterocycles. The van der Waals surface area contributed by atoms with Crippen LogP contribution < -0.4 is 4.74 Å². The Bertz CT molecular complexity index is 829. The molecule has 0 bridgehead atoms. The molecule has 4 heteroatoms. The number of hydrogen-bond acceptors (Lipinski definition) is 2. The van der Waals surface area contributed by atoms with E-state index in [-0.39, 0.29) is 6.03 Å². The normalized spacial score (nSPS) is 16.2. The quantitative estimate of drug-likeness (QED) is 0.661. The summed E-state index contributed by atoms with van der Waals surface area (Å²) in [5, 5.41) is 0. The summed E-state index contributed by atoms with van der Waals surface area (Å²) in [6, 6.07) is 16.7. The third-order valence-electron chi connectivity index (χ3n) is 5.89. The number of carbonyl (C=O) groups is 1. The van der Waals surface area contributed by atoms with Crippen LogP contribution in [0.25, 0.3) is 11.1 Å². The van der Waals surface area contributed by atoms with Crippen LogP contribution in [0.4, 0.5) is 4.79 Å². The summed E-state index contributed by atoms with van der Waals surface area (Å²) in [6.07, 6.45) is 3.76. The van der Waals surface area contributed by atoms with Crippen molar-refractivity contribution < 1.29 is 9.53 Å². The molecule has 0 aromatic heterocycles. The molecule has 1 heterocycles. The number of likely N-dealkylation sites (tertiary alicyclic amines) is 1. The molecule has 2 aromatic rings. The molecule has 2 aromatic carbocycles. The fraction of sp³-hybridized carbons (Fsp3) is 0.480. The van der Waals surface area contributed by atoms with Gasteiger partial charge in [-0.15, -0.1) is 0 Å². The number of nitrogens with zero attached hydrogens (tertiary/aromatic N) is 2. The van der Waals surface area contributed by atoms with Gasteiger partial charge in [0.2, 0.25) is 0 Å². The van der Waals surface area contributed by atoms with Gasteiger partial charge in [0, 0.05) is 25.7 Å². The van der Waals surface area contributed by atoms with Crippen molar-refractivity contribution in [1.29, 1.82) is 0 Å². The minimum absolute atomic E-state index is 0.134. The summed E-state index contributed by atoms with van der Waals surface area (Å²) in [7, 11) is 1.87. The second kappa shape index (κ2) is 9.34. The SMILES string of the molecule is CC.Cc1cccc(-c2ccccc2OCCN(C)C(=O)N2CCC3(CC3)C2)c1. The second-order valence-corrected chi connectivity index (χ2v) is 8.09. The Balaban J connectivity index is 0.00000117. The fourth-order valence-corrected chi connectivity index (χ4v) is 3.96. The van der Waals surface area contributed by atoms with Crippen LogP contribution in [0, 0.1) is 12.3 Å². The molecule has 2 aliphatic rings. The number of benzene rings is 2. The first kappa shape index (κ1) is 21.2. The standard InChI is InChI=1S/C23H28N2O2.C2H6/c1-18-6-5-7-19(16-18)20-8-3-4-9-21(20)27-15-14-24(2)22(26)25-13-12-23(17-25)10-11-23;1-2/h3-9,16H,10-15,17H2,1-2H3;1-2H3. The largest absolute Gasteiger partial charge is 0.491 e. The Morgan fingerprint density at radius 3 is 2.55 bits per heavy atom. The first-order valence-corrected chi connectivity index (χ1v) is 10.9. The van der Waals surface area contributed by atoms with Gasteiger partial charge < -0.3 is 14.5 Å². The van der Waals surface area contributed by atoms with Gasteiger partial charge in [0.05, 0.1) is 6.54 Å². The van der Waals surface area contributed by atoms with Gasteiger partial charge in [0.1, 0.15) is 12.4 Å². The maximum atomic E-state index is 12.6. The van der Waals surface area contributed by atoms with E-state index in [4.69, 9.17) is 4.74 Å². The molecule has 0 unspecified atom stereocenters. The van der Waals surface area contributed by atoms with Gasteiger partial charge in [0.15, 0.2) is 0 Å². The molecule has 0 atom stereocenters. The van der Waals surface area contributed by atoms with E-state index in [0.717, 1.165) is 30.0 Å². The zero-order valence-corrected chi connectivity index (χ0v) is 18.3. The molecule has 29 heavy (non-hydrogen) atoms. The van der Waals surface area contributed by atoms with Crippen molar-refractivity contribution in [2.75, 3.05) is 33.3 Å². The fourth-order valence-electron chi connectivity index (χ4n) is 3.96. The lowest BCUT2D eigenvalue weighted by Crippen LogP contribution is -2.41. The molecule has 1 spiro atoms. The van der Waals surface area contributed by atoms with Crippen molar-refractivity contribution in [3.63, 3.8) is 0 Å². The summed E-state index contributed by atoms with van der Waals surface area (Å²) in [5.74, 6) is 0.863. The van der Waals surface area contributed by atoms with Gasteiger partial charge >= 0.3 is 6.03 Å². The van der Waals surface area contributed by atoms with Gasteiger partial charge in [-0.2, -0.15) is 0 Å². The molecule has 0 N–H and O–H groups in total. The van der Waals surface area contributed by atoms with E-state index in [0.29, 0.717) is 18.6 Å². The highest BCUT2D eigenvalue weighted by atomic mass is 16.5. The van der Waals surface area contributed by atoms with Crippen molar-refractivity contribution in [3.05, 3.63) is 54.1 Å². The van der Waals surface area contributed by atoms with Crippen LogP contribution >= 0.6 is 0 Å². The Morgan fingerprint density at radius 2 is 1.86 bits per heavy atom. The van der Waals surface area contributed by atoms with Crippen LogP contribution in [0.15, 0.2) is 48.5 Å². The molecule has 4 rings (SSSR count). The topological polar surface area (TPSA) is 32.8 Å². The average molecular weight is 395 g/mol. The lowest BCUT2D eigenvalue weighted by Gasteiger charge is -2.25. The van der Waals surface area contributed by atoms with E-state index in [2.05, 4.69) is 37.3 Å². The maximum Gasteiger partial charge on any atom is 0.319 e. The van der Waals surface area contributed by atoms with Gasteiger partial charge in [-0.05, 0) is 43.2 Å². The Hall–Kier alpha value is -2.49. The maximum absolute atomic E-state index is 12.6. The first-order valence-electron chi connectivity index (χ1n) is 10.9. The van der Waals surface area contributed by atoms with Gasteiger partial charge in [-0.25, -0.2) is 4.79 Å². The Morgan fingerprint density at radius 1 is 1.10 bits per heavy atom. The molecule has 2 fully saturated rings. The zero-order chi connectivity index (χ0) is 20.9. The lowest BCUT2D eigenvalue weighted by atomic mass is 10.0. The number of likely N-dealkylation sites (N-methyl/N-ethyl adjacent to an activating group) is 1. The predicted molar refractivity (Wildman–Crippen MR) is 119 cm³/mol. The minimum Gasteiger partial charge on any atom is -0.491 e. The highest BCUT2D eigenvalue weighted by molar-refractivity contribution is 5.74. The number of para-hydroxylation sites is 1.